The van der Waals surface area contributed by atoms with Gasteiger partial charge in [-0.15, -0.1) is 11.8 Å². The van der Waals surface area contributed by atoms with E-state index in [0.29, 0.717) is 5.92 Å². The highest BCUT2D eigenvalue weighted by Crippen LogP contribution is 2.40. The average molecular weight is 259 g/mol. The minimum atomic E-state index is 0.149. The zero-order chi connectivity index (χ0) is 12.5. The largest absolute Gasteiger partial charge is 0.327 e. The number of benzene rings is 1. The minimum Gasteiger partial charge on any atom is -0.327 e. The highest BCUT2D eigenvalue weighted by atomic mass is 32.2. The molecule has 0 saturated heterocycles. The van der Waals surface area contributed by atoms with Crippen molar-refractivity contribution in [1.82, 2.24) is 9.78 Å². The number of nitrogens with zero attached hydrogens (tertiary/aromatic N) is 2. The van der Waals surface area contributed by atoms with Gasteiger partial charge in [0.05, 0.1) is 5.69 Å². The molecule has 2 unspecified atom stereocenters. The lowest BCUT2D eigenvalue weighted by Crippen LogP contribution is -2.31. The van der Waals surface area contributed by atoms with Crippen molar-refractivity contribution in [2.45, 2.75) is 23.3 Å². The van der Waals surface area contributed by atoms with Crippen molar-refractivity contribution in [2.75, 3.05) is 5.75 Å². The molecule has 0 aliphatic carbocycles. The van der Waals surface area contributed by atoms with Gasteiger partial charge in [-0.05, 0) is 17.7 Å². The van der Waals surface area contributed by atoms with Crippen LogP contribution in [0.4, 0.5) is 0 Å². The van der Waals surface area contributed by atoms with E-state index in [1.165, 1.54) is 10.5 Å². The summed E-state index contributed by atoms with van der Waals surface area (Å²) in [5, 5.41) is 4.41. The molecule has 2 atom stereocenters. The van der Waals surface area contributed by atoms with E-state index in [1.54, 1.807) is 0 Å². The van der Waals surface area contributed by atoms with Crippen LogP contribution in [0.1, 0.15) is 17.2 Å². The zero-order valence-electron chi connectivity index (χ0n) is 10.4. The fraction of sp³-hybridized carbons (Fsp3) is 0.357. The Morgan fingerprint density at radius 2 is 2.28 bits per heavy atom. The molecule has 18 heavy (non-hydrogen) atoms. The fourth-order valence-corrected chi connectivity index (χ4v) is 3.84. The van der Waals surface area contributed by atoms with Gasteiger partial charge >= 0.3 is 0 Å². The molecule has 94 valence electrons. The van der Waals surface area contributed by atoms with E-state index in [2.05, 4.69) is 29.4 Å². The molecule has 0 spiro atoms. The summed E-state index contributed by atoms with van der Waals surface area (Å²) in [6, 6.07) is 10.8. The molecule has 3 nitrogen and oxygen atoms in total. The van der Waals surface area contributed by atoms with Gasteiger partial charge in [-0.3, -0.25) is 4.68 Å². The Labute approximate surface area is 111 Å². The van der Waals surface area contributed by atoms with Crippen molar-refractivity contribution in [3.63, 3.8) is 0 Å². The van der Waals surface area contributed by atoms with E-state index < -0.39 is 0 Å². The maximum absolute atomic E-state index is 6.37. The number of thioether (sulfide) groups is 1. The van der Waals surface area contributed by atoms with Crippen LogP contribution in [0.15, 0.2) is 41.4 Å². The Kier molecular flexibility index (Phi) is 3.14. The molecule has 4 heteroatoms. The maximum Gasteiger partial charge on any atom is 0.0640 e. The van der Waals surface area contributed by atoms with Gasteiger partial charge in [-0.1, -0.05) is 18.2 Å². The Morgan fingerprint density at radius 3 is 3.06 bits per heavy atom. The summed E-state index contributed by atoms with van der Waals surface area (Å²) < 4.78 is 1.83. The summed E-state index contributed by atoms with van der Waals surface area (Å²) in [5.41, 5.74) is 8.86. The minimum absolute atomic E-state index is 0.149. The molecule has 3 rings (SSSR count). The van der Waals surface area contributed by atoms with Gasteiger partial charge in [0.2, 0.25) is 0 Å². The van der Waals surface area contributed by atoms with Crippen LogP contribution in [0.5, 0.6) is 0 Å². The van der Waals surface area contributed by atoms with Crippen molar-refractivity contribution in [3.05, 3.63) is 47.8 Å². The molecule has 1 aliphatic heterocycles. The third-order valence-corrected chi connectivity index (χ3v) is 4.68. The van der Waals surface area contributed by atoms with E-state index in [0.717, 1.165) is 17.9 Å². The number of aryl methyl sites for hydroxylation is 1. The zero-order valence-corrected chi connectivity index (χ0v) is 11.2. The number of hydrogen-bond acceptors (Lipinski definition) is 3. The number of nitrogens with two attached hydrogens (primary N) is 1. The molecule has 2 heterocycles. The summed E-state index contributed by atoms with van der Waals surface area (Å²) in [6.07, 6.45) is 2.82. The summed E-state index contributed by atoms with van der Waals surface area (Å²) >= 11 is 1.91. The summed E-state index contributed by atoms with van der Waals surface area (Å²) in [5.74, 6) is 1.54. The van der Waals surface area contributed by atoms with Crippen LogP contribution in [0.3, 0.4) is 0 Å². The molecule has 2 N–H and O–H groups in total. The van der Waals surface area contributed by atoms with Gasteiger partial charge in [0.25, 0.3) is 0 Å². The predicted molar refractivity (Wildman–Crippen MR) is 74.8 cm³/mol. The number of aromatic nitrogens is 2. The highest BCUT2D eigenvalue weighted by molar-refractivity contribution is 7.99. The quantitative estimate of drug-likeness (QED) is 0.919. The van der Waals surface area contributed by atoms with Crippen molar-refractivity contribution < 1.29 is 0 Å². The second kappa shape index (κ2) is 4.78. The normalized spacial score (nSPS) is 19.8. The summed E-state index contributed by atoms with van der Waals surface area (Å²) in [6.45, 7) is 0. The average Bonchev–Trinajstić information content (AvgIpc) is 2.95. The first-order chi connectivity index (χ1) is 8.74. The van der Waals surface area contributed by atoms with Crippen LogP contribution in [0, 0.1) is 0 Å². The molecule has 0 bridgehead atoms. The Bertz CT molecular complexity index is 549. The third-order valence-electron chi connectivity index (χ3n) is 3.47. The van der Waals surface area contributed by atoms with Crippen molar-refractivity contribution >= 4 is 11.8 Å². The molecule has 1 aromatic heterocycles. The molecule has 1 aromatic carbocycles. The van der Waals surface area contributed by atoms with Gasteiger partial charge in [0.1, 0.15) is 0 Å². The number of fused-ring (bicyclic) bond motifs is 1. The van der Waals surface area contributed by atoms with Gasteiger partial charge in [0, 0.05) is 42.3 Å². The van der Waals surface area contributed by atoms with Gasteiger partial charge in [0.15, 0.2) is 0 Å². The van der Waals surface area contributed by atoms with E-state index in [4.69, 9.17) is 5.73 Å². The second-order valence-electron chi connectivity index (χ2n) is 4.80. The lowest BCUT2D eigenvalue weighted by atomic mass is 9.91. The molecular weight excluding hydrogens is 242 g/mol. The number of rotatable bonds is 3. The highest BCUT2D eigenvalue weighted by Gasteiger charge is 2.28. The van der Waals surface area contributed by atoms with Gasteiger partial charge in [-0.25, -0.2) is 0 Å². The van der Waals surface area contributed by atoms with E-state index in [9.17, 15) is 0 Å². The standard InChI is InChI=1S/C14H17N3S/c1-17-7-6-10(16-17)8-13(15)12-9-18-14-5-3-2-4-11(12)14/h2-7,12-13H,8-9,15H2,1H3. The molecule has 1 aliphatic rings. The van der Waals surface area contributed by atoms with E-state index in [1.807, 2.05) is 35.8 Å². The van der Waals surface area contributed by atoms with Gasteiger partial charge < -0.3 is 5.73 Å². The van der Waals surface area contributed by atoms with Crippen LogP contribution in [-0.4, -0.2) is 21.6 Å². The van der Waals surface area contributed by atoms with Crippen LogP contribution < -0.4 is 5.73 Å². The summed E-state index contributed by atoms with van der Waals surface area (Å²) in [4.78, 5) is 1.39. The molecule has 0 fully saturated rings. The van der Waals surface area contributed by atoms with Gasteiger partial charge in [-0.2, -0.15) is 5.10 Å². The predicted octanol–water partition coefficient (Wildman–Crippen LogP) is 2.18. The first-order valence-corrected chi connectivity index (χ1v) is 7.18. The Morgan fingerprint density at radius 1 is 1.44 bits per heavy atom. The van der Waals surface area contributed by atoms with Crippen molar-refractivity contribution in [3.8, 4) is 0 Å². The third kappa shape index (κ3) is 2.18. The fourth-order valence-electron chi connectivity index (χ4n) is 2.50. The SMILES string of the molecule is Cn1ccc(CC(N)C2CSc3ccccc32)n1. The van der Waals surface area contributed by atoms with E-state index >= 15 is 0 Å². The molecule has 2 aromatic rings. The monoisotopic (exact) mass is 259 g/mol. The molecular formula is C14H17N3S. The van der Waals surface area contributed by atoms with E-state index in [-0.39, 0.29) is 6.04 Å². The van der Waals surface area contributed by atoms with Crippen molar-refractivity contribution in [2.24, 2.45) is 12.8 Å². The van der Waals surface area contributed by atoms with Crippen LogP contribution in [-0.2, 0) is 13.5 Å². The Hall–Kier alpha value is -1.26. The molecule has 0 saturated carbocycles. The second-order valence-corrected chi connectivity index (χ2v) is 5.87. The first kappa shape index (κ1) is 11.8. The van der Waals surface area contributed by atoms with Crippen molar-refractivity contribution in [1.29, 1.82) is 0 Å². The number of hydrogen-bond donors (Lipinski definition) is 1. The van der Waals surface area contributed by atoms with Crippen LogP contribution in [0.2, 0.25) is 0 Å². The van der Waals surface area contributed by atoms with Crippen LogP contribution in [0.25, 0.3) is 0 Å². The van der Waals surface area contributed by atoms with Crippen LogP contribution >= 0.6 is 11.8 Å². The molecule has 0 amide bonds. The first-order valence-electron chi connectivity index (χ1n) is 6.20. The maximum atomic E-state index is 6.37. The summed E-state index contributed by atoms with van der Waals surface area (Å²) in [7, 11) is 1.94. The lowest BCUT2D eigenvalue weighted by molar-refractivity contribution is 0.560. The topological polar surface area (TPSA) is 43.8 Å². The smallest absolute Gasteiger partial charge is 0.0640 e. The Balaban J connectivity index is 1.76. The molecule has 0 radical (unpaired) electrons. The lowest BCUT2D eigenvalue weighted by Gasteiger charge is -2.18.